The van der Waals surface area contributed by atoms with Crippen molar-refractivity contribution < 1.29 is 19.7 Å². The van der Waals surface area contributed by atoms with Gasteiger partial charge in [-0.05, 0) is 36.8 Å². The fourth-order valence-electron chi connectivity index (χ4n) is 2.57. The minimum absolute atomic E-state index is 0.0306. The Balaban J connectivity index is 2.20. The van der Waals surface area contributed by atoms with E-state index in [2.05, 4.69) is 4.98 Å². The standard InChI is InChI=1S/C18H17NO4/c1-10-6-14(12-5-4-11(22-2)7-16(12)20)19-15-9-17(21)18(23-3)8-13(10)15/h4-9,20-21H,1-3H3. The van der Waals surface area contributed by atoms with Gasteiger partial charge in [0, 0.05) is 23.1 Å². The van der Waals surface area contributed by atoms with Crippen LogP contribution in [0.3, 0.4) is 0 Å². The van der Waals surface area contributed by atoms with Crippen molar-refractivity contribution in [1.29, 1.82) is 0 Å². The number of phenols is 2. The van der Waals surface area contributed by atoms with Crippen LogP contribution in [0.1, 0.15) is 5.56 Å². The first kappa shape index (κ1) is 15.0. The minimum Gasteiger partial charge on any atom is -0.507 e. The molecule has 0 atom stereocenters. The lowest BCUT2D eigenvalue weighted by atomic mass is 10.0. The largest absolute Gasteiger partial charge is 0.507 e. The summed E-state index contributed by atoms with van der Waals surface area (Å²) in [5.74, 6) is 1.10. The summed E-state index contributed by atoms with van der Waals surface area (Å²) in [6.45, 7) is 1.95. The molecule has 0 amide bonds. The highest BCUT2D eigenvalue weighted by molar-refractivity contribution is 5.88. The fourth-order valence-corrected chi connectivity index (χ4v) is 2.57. The van der Waals surface area contributed by atoms with Crippen molar-refractivity contribution in [3.05, 3.63) is 42.0 Å². The molecule has 0 aliphatic carbocycles. The fraction of sp³-hybridized carbons (Fsp3) is 0.167. The van der Waals surface area contributed by atoms with Crippen molar-refractivity contribution in [2.24, 2.45) is 0 Å². The highest BCUT2D eigenvalue weighted by Gasteiger charge is 2.12. The molecule has 2 N–H and O–H groups in total. The first-order chi connectivity index (χ1) is 11.0. The van der Waals surface area contributed by atoms with E-state index in [-0.39, 0.29) is 11.5 Å². The third kappa shape index (κ3) is 2.61. The smallest absolute Gasteiger partial charge is 0.161 e. The molecule has 3 aromatic rings. The Morgan fingerprint density at radius 1 is 0.913 bits per heavy atom. The minimum atomic E-state index is 0.0306. The summed E-state index contributed by atoms with van der Waals surface area (Å²) in [5, 5.41) is 21.0. The summed E-state index contributed by atoms with van der Waals surface area (Å²) >= 11 is 0. The zero-order chi connectivity index (χ0) is 16.6. The Morgan fingerprint density at radius 3 is 2.35 bits per heavy atom. The van der Waals surface area contributed by atoms with Crippen molar-refractivity contribution in [2.45, 2.75) is 6.92 Å². The molecule has 0 bridgehead atoms. The number of aromatic nitrogens is 1. The van der Waals surface area contributed by atoms with Crippen LogP contribution in [-0.4, -0.2) is 29.4 Å². The van der Waals surface area contributed by atoms with Gasteiger partial charge in [0.25, 0.3) is 0 Å². The van der Waals surface area contributed by atoms with Crippen LogP contribution in [-0.2, 0) is 0 Å². The number of phenolic OH excluding ortho intramolecular Hbond substituents is 2. The summed E-state index contributed by atoms with van der Waals surface area (Å²) in [6, 6.07) is 10.3. The van der Waals surface area contributed by atoms with Crippen molar-refractivity contribution in [1.82, 2.24) is 4.98 Å². The van der Waals surface area contributed by atoms with E-state index in [1.807, 2.05) is 13.0 Å². The summed E-state index contributed by atoms with van der Waals surface area (Å²) in [4.78, 5) is 4.54. The van der Waals surface area contributed by atoms with E-state index >= 15 is 0 Å². The SMILES string of the molecule is COc1ccc(-c2cc(C)c3cc(OC)c(O)cc3n2)c(O)c1. The van der Waals surface area contributed by atoms with Crippen molar-refractivity contribution in [3.63, 3.8) is 0 Å². The molecule has 0 saturated heterocycles. The zero-order valence-corrected chi connectivity index (χ0v) is 13.1. The van der Waals surface area contributed by atoms with E-state index in [9.17, 15) is 10.2 Å². The van der Waals surface area contributed by atoms with Gasteiger partial charge >= 0.3 is 0 Å². The second kappa shape index (κ2) is 5.68. The van der Waals surface area contributed by atoms with Gasteiger partial charge in [-0.3, -0.25) is 0 Å². The quantitative estimate of drug-likeness (QED) is 0.772. The van der Waals surface area contributed by atoms with Crippen molar-refractivity contribution in [2.75, 3.05) is 14.2 Å². The van der Waals surface area contributed by atoms with Crippen molar-refractivity contribution in [3.8, 4) is 34.3 Å². The molecule has 0 unspecified atom stereocenters. The second-order valence-corrected chi connectivity index (χ2v) is 5.25. The molecule has 5 heteroatoms. The Hall–Kier alpha value is -2.95. The number of aryl methyl sites for hydroxylation is 1. The molecule has 23 heavy (non-hydrogen) atoms. The molecule has 0 aliphatic heterocycles. The van der Waals surface area contributed by atoms with Gasteiger partial charge in [0.15, 0.2) is 11.5 Å². The van der Waals surface area contributed by atoms with Crippen LogP contribution in [0.15, 0.2) is 36.4 Å². The molecule has 1 heterocycles. The van der Waals surface area contributed by atoms with E-state index in [0.717, 1.165) is 10.9 Å². The maximum absolute atomic E-state index is 10.2. The number of ether oxygens (including phenoxy) is 2. The average molecular weight is 311 g/mol. The number of fused-ring (bicyclic) bond motifs is 1. The zero-order valence-electron chi connectivity index (χ0n) is 13.1. The third-order valence-corrected chi connectivity index (χ3v) is 3.80. The Bertz CT molecular complexity index is 890. The Morgan fingerprint density at radius 2 is 1.70 bits per heavy atom. The summed E-state index contributed by atoms with van der Waals surface area (Å²) in [5.41, 5.74) is 2.83. The van der Waals surface area contributed by atoms with E-state index in [1.54, 1.807) is 37.4 Å². The molecule has 0 radical (unpaired) electrons. The normalized spacial score (nSPS) is 10.7. The molecule has 1 aromatic heterocycles. The molecule has 0 spiro atoms. The molecule has 5 nitrogen and oxygen atoms in total. The monoisotopic (exact) mass is 311 g/mol. The van der Waals surface area contributed by atoms with E-state index in [1.165, 1.54) is 7.11 Å². The molecule has 0 fully saturated rings. The molecular weight excluding hydrogens is 294 g/mol. The number of methoxy groups -OCH3 is 2. The lowest BCUT2D eigenvalue weighted by molar-refractivity contribution is 0.374. The molecule has 0 saturated carbocycles. The highest BCUT2D eigenvalue weighted by atomic mass is 16.5. The number of rotatable bonds is 3. The Labute approximate surface area is 133 Å². The third-order valence-electron chi connectivity index (χ3n) is 3.80. The van der Waals surface area contributed by atoms with Crippen LogP contribution in [0, 0.1) is 6.92 Å². The molecule has 118 valence electrons. The maximum atomic E-state index is 10.2. The maximum Gasteiger partial charge on any atom is 0.161 e. The van der Waals surface area contributed by atoms with Crippen LogP contribution < -0.4 is 9.47 Å². The first-order valence-corrected chi connectivity index (χ1v) is 7.09. The van der Waals surface area contributed by atoms with Gasteiger partial charge in [-0.15, -0.1) is 0 Å². The number of aromatic hydroxyl groups is 2. The van der Waals surface area contributed by atoms with E-state index < -0.39 is 0 Å². The predicted molar refractivity (Wildman–Crippen MR) is 88.3 cm³/mol. The average Bonchev–Trinajstić information content (AvgIpc) is 2.53. The summed E-state index contributed by atoms with van der Waals surface area (Å²) in [6.07, 6.45) is 0. The van der Waals surface area contributed by atoms with Gasteiger partial charge in [-0.2, -0.15) is 0 Å². The number of nitrogens with zero attached hydrogens (tertiary/aromatic N) is 1. The van der Waals surface area contributed by atoms with Crippen LogP contribution >= 0.6 is 0 Å². The topological polar surface area (TPSA) is 71.8 Å². The van der Waals surface area contributed by atoms with E-state index in [4.69, 9.17) is 9.47 Å². The second-order valence-electron chi connectivity index (χ2n) is 5.25. The van der Waals surface area contributed by atoms with Crippen molar-refractivity contribution >= 4 is 10.9 Å². The highest BCUT2D eigenvalue weighted by Crippen LogP contribution is 2.36. The lowest BCUT2D eigenvalue weighted by Gasteiger charge is -2.11. The van der Waals surface area contributed by atoms with Crippen LogP contribution in [0.25, 0.3) is 22.2 Å². The van der Waals surface area contributed by atoms with Gasteiger partial charge in [-0.1, -0.05) is 0 Å². The summed E-state index contributed by atoms with van der Waals surface area (Å²) < 4.78 is 10.2. The molecule has 3 rings (SSSR count). The molecular formula is C18H17NO4. The van der Waals surface area contributed by atoms with Gasteiger partial charge in [0.1, 0.15) is 11.5 Å². The number of benzene rings is 2. The predicted octanol–water partition coefficient (Wildman–Crippen LogP) is 3.64. The number of pyridine rings is 1. The van der Waals surface area contributed by atoms with E-state index in [0.29, 0.717) is 28.3 Å². The van der Waals surface area contributed by atoms with Crippen LogP contribution in [0.5, 0.6) is 23.0 Å². The summed E-state index contributed by atoms with van der Waals surface area (Å²) in [7, 11) is 3.05. The lowest BCUT2D eigenvalue weighted by Crippen LogP contribution is -1.92. The van der Waals surface area contributed by atoms with Gasteiger partial charge in [0.2, 0.25) is 0 Å². The van der Waals surface area contributed by atoms with Gasteiger partial charge in [-0.25, -0.2) is 4.98 Å². The Kier molecular flexibility index (Phi) is 3.70. The number of hydrogen-bond acceptors (Lipinski definition) is 5. The van der Waals surface area contributed by atoms with Crippen LogP contribution in [0.4, 0.5) is 0 Å². The van der Waals surface area contributed by atoms with Crippen LogP contribution in [0.2, 0.25) is 0 Å². The van der Waals surface area contributed by atoms with Gasteiger partial charge in [0.05, 0.1) is 25.4 Å². The van der Waals surface area contributed by atoms with Gasteiger partial charge < -0.3 is 19.7 Å². The first-order valence-electron chi connectivity index (χ1n) is 7.09. The number of hydrogen-bond donors (Lipinski definition) is 2. The molecule has 2 aromatic carbocycles. The molecule has 0 aliphatic rings.